The molecule has 0 aliphatic rings. The molecule has 2 aromatic heterocycles. The maximum absolute atomic E-state index is 6.02. The van der Waals surface area contributed by atoms with E-state index >= 15 is 0 Å². The lowest BCUT2D eigenvalue weighted by molar-refractivity contribution is 0.886. The standard InChI is InChI=1S/C16H13IN6S/c17-9-10-4-3-5-11(8-10)19-15-21-14(18)23(22-15)16-20-12-6-1-2-7-13(12)24-16/h1-8H,9H2,(H3,18,19,21,22). The number of para-hydroxylation sites is 1. The minimum atomic E-state index is 0.307. The van der Waals surface area contributed by atoms with E-state index in [2.05, 4.69) is 55.1 Å². The zero-order valence-electron chi connectivity index (χ0n) is 12.5. The van der Waals surface area contributed by atoms with Crippen LogP contribution >= 0.6 is 33.9 Å². The van der Waals surface area contributed by atoms with Gasteiger partial charge in [-0.25, -0.2) is 4.98 Å². The van der Waals surface area contributed by atoms with Crippen molar-refractivity contribution < 1.29 is 0 Å². The Bertz CT molecular complexity index is 976. The molecule has 3 N–H and O–H groups in total. The zero-order valence-corrected chi connectivity index (χ0v) is 15.5. The summed E-state index contributed by atoms with van der Waals surface area (Å²) >= 11 is 3.87. The molecular weight excluding hydrogens is 435 g/mol. The van der Waals surface area contributed by atoms with Crippen LogP contribution in [0.5, 0.6) is 0 Å². The molecule has 4 rings (SSSR count). The predicted molar refractivity (Wildman–Crippen MR) is 106 cm³/mol. The molecule has 0 bridgehead atoms. The summed E-state index contributed by atoms with van der Waals surface area (Å²) in [4.78, 5) is 8.85. The first-order valence-corrected chi connectivity index (χ1v) is 9.57. The Morgan fingerprint density at radius 2 is 2.00 bits per heavy atom. The van der Waals surface area contributed by atoms with E-state index in [1.54, 1.807) is 4.68 Å². The molecule has 0 fully saturated rings. The fraction of sp³-hybridized carbons (Fsp3) is 0.0625. The van der Waals surface area contributed by atoms with Crippen molar-refractivity contribution in [2.24, 2.45) is 0 Å². The van der Waals surface area contributed by atoms with Gasteiger partial charge in [-0.05, 0) is 29.8 Å². The Morgan fingerprint density at radius 1 is 1.12 bits per heavy atom. The molecular formula is C16H13IN6S. The van der Waals surface area contributed by atoms with Gasteiger partial charge in [0.15, 0.2) is 0 Å². The average molecular weight is 448 g/mol. The van der Waals surface area contributed by atoms with Crippen LogP contribution in [0.3, 0.4) is 0 Å². The molecule has 0 saturated heterocycles. The third-order valence-electron chi connectivity index (χ3n) is 3.43. The van der Waals surface area contributed by atoms with E-state index in [-0.39, 0.29) is 0 Å². The number of nitrogens with two attached hydrogens (primary N) is 1. The van der Waals surface area contributed by atoms with Crippen LogP contribution in [0, 0.1) is 0 Å². The molecule has 0 saturated carbocycles. The number of anilines is 3. The Kier molecular flexibility index (Phi) is 4.07. The van der Waals surface area contributed by atoms with E-state index in [0.717, 1.165) is 20.3 Å². The SMILES string of the molecule is Nc1nc(Nc2cccc(CI)c2)nn1-c1nc2ccccc2s1. The number of nitrogens with one attached hydrogen (secondary N) is 1. The van der Waals surface area contributed by atoms with Crippen molar-refractivity contribution in [3.63, 3.8) is 0 Å². The average Bonchev–Trinajstić information content (AvgIpc) is 3.18. The highest BCUT2D eigenvalue weighted by atomic mass is 127. The summed E-state index contributed by atoms with van der Waals surface area (Å²) in [5.74, 6) is 0.763. The minimum absolute atomic E-state index is 0.307. The topological polar surface area (TPSA) is 81.6 Å². The van der Waals surface area contributed by atoms with Crippen molar-refractivity contribution in [2.45, 2.75) is 4.43 Å². The van der Waals surface area contributed by atoms with Gasteiger partial charge in [0.2, 0.25) is 17.0 Å². The van der Waals surface area contributed by atoms with E-state index in [1.165, 1.54) is 16.9 Å². The summed E-state index contributed by atoms with van der Waals surface area (Å²) in [7, 11) is 0. The summed E-state index contributed by atoms with van der Waals surface area (Å²) in [6, 6.07) is 16.1. The van der Waals surface area contributed by atoms with Gasteiger partial charge >= 0.3 is 0 Å². The monoisotopic (exact) mass is 448 g/mol. The highest BCUT2D eigenvalue weighted by Gasteiger charge is 2.13. The van der Waals surface area contributed by atoms with Crippen LogP contribution in [0.4, 0.5) is 17.6 Å². The third kappa shape index (κ3) is 2.94. The van der Waals surface area contributed by atoms with Crippen LogP contribution in [-0.2, 0) is 4.43 Å². The molecule has 0 aliphatic carbocycles. The van der Waals surface area contributed by atoms with E-state index in [9.17, 15) is 0 Å². The lowest BCUT2D eigenvalue weighted by Crippen LogP contribution is -2.01. The molecule has 4 aromatic rings. The smallest absolute Gasteiger partial charge is 0.248 e. The van der Waals surface area contributed by atoms with Gasteiger partial charge in [0.25, 0.3) is 0 Å². The largest absolute Gasteiger partial charge is 0.368 e. The Hall–Kier alpha value is -2.20. The Balaban J connectivity index is 1.66. The van der Waals surface area contributed by atoms with Gasteiger partial charge in [0, 0.05) is 10.1 Å². The van der Waals surface area contributed by atoms with Crippen molar-refractivity contribution in [1.82, 2.24) is 19.7 Å². The number of nitrogen functional groups attached to an aromatic ring is 1. The van der Waals surface area contributed by atoms with Crippen LogP contribution in [0.2, 0.25) is 0 Å². The maximum Gasteiger partial charge on any atom is 0.248 e. The molecule has 24 heavy (non-hydrogen) atoms. The van der Waals surface area contributed by atoms with Crippen molar-refractivity contribution in [3.05, 3.63) is 54.1 Å². The van der Waals surface area contributed by atoms with Crippen LogP contribution in [0.15, 0.2) is 48.5 Å². The molecule has 2 aromatic carbocycles. The van der Waals surface area contributed by atoms with E-state index < -0.39 is 0 Å². The van der Waals surface area contributed by atoms with E-state index in [4.69, 9.17) is 5.73 Å². The first kappa shape index (κ1) is 15.3. The fourth-order valence-electron chi connectivity index (χ4n) is 2.33. The van der Waals surface area contributed by atoms with E-state index in [1.807, 2.05) is 36.4 Å². The van der Waals surface area contributed by atoms with E-state index in [0.29, 0.717) is 17.0 Å². The van der Waals surface area contributed by atoms with Crippen molar-refractivity contribution >= 4 is 61.7 Å². The molecule has 120 valence electrons. The van der Waals surface area contributed by atoms with Gasteiger partial charge < -0.3 is 11.1 Å². The van der Waals surface area contributed by atoms with Gasteiger partial charge in [-0.15, -0.1) is 5.10 Å². The quantitative estimate of drug-likeness (QED) is 0.362. The van der Waals surface area contributed by atoms with Crippen molar-refractivity contribution in [1.29, 1.82) is 0 Å². The first-order valence-electron chi connectivity index (χ1n) is 7.23. The molecule has 0 atom stereocenters. The summed E-state index contributed by atoms with van der Waals surface area (Å²) in [6.07, 6.45) is 0. The predicted octanol–water partition coefficient (Wildman–Crippen LogP) is 4.14. The molecule has 0 spiro atoms. The van der Waals surface area contributed by atoms with Crippen LogP contribution in [-0.4, -0.2) is 19.7 Å². The molecule has 6 nitrogen and oxygen atoms in total. The minimum Gasteiger partial charge on any atom is -0.368 e. The number of hydrogen-bond acceptors (Lipinski definition) is 6. The highest BCUT2D eigenvalue weighted by Crippen LogP contribution is 2.26. The number of thiazole rings is 1. The summed E-state index contributed by atoms with van der Waals surface area (Å²) in [6.45, 7) is 0. The molecule has 0 radical (unpaired) electrons. The number of fused-ring (bicyclic) bond motifs is 1. The first-order chi connectivity index (χ1) is 11.7. The lowest BCUT2D eigenvalue weighted by Gasteiger charge is -2.03. The Morgan fingerprint density at radius 3 is 2.83 bits per heavy atom. The van der Waals surface area contributed by atoms with Gasteiger partial charge in [-0.3, -0.25) is 0 Å². The number of rotatable bonds is 4. The van der Waals surface area contributed by atoms with Crippen molar-refractivity contribution in [2.75, 3.05) is 11.1 Å². The van der Waals surface area contributed by atoms with Gasteiger partial charge in [-0.2, -0.15) is 9.67 Å². The van der Waals surface area contributed by atoms with Crippen molar-refractivity contribution in [3.8, 4) is 5.13 Å². The second-order valence-electron chi connectivity index (χ2n) is 5.13. The molecule has 8 heteroatoms. The number of alkyl halides is 1. The Labute approximate surface area is 155 Å². The van der Waals surface area contributed by atoms with Gasteiger partial charge in [0.05, 0.1) is 10.2 Å². The molecule has 0 unspecified atom stereocenters. The normalized spacial score (nSPS) is 11.0. The van der Waals surface area contributed by atoms with Crippen LogP contribution in [0.25, 0.3) is 15.3 Å². The van der Waals surface area contributed by atoms with Gasteiger partial charge in [0.1, 0.15) is 0 Å². The molecule has 0 aliphatic heterocycles. The number of hydrogen-bond donors (Lipinski definition) is 2. The second-order valence-corrected chi connectivity index (χ2v) is 6.90. The number of benzene rings is 2. The number of nitrogens with zero attached hydrogens (tertiary/aromatic N) is 4. The zero-order chi connectivity index (χ0) is 16.5. The van der Waals surface area contributed by atoms with Gasteiger partial charge in [-0.1, -0.05) is 58.2 Å². The van der Waals surface area contributed by atoms with Crippen LogP contribution in [0.1, 0.15) is 5.56 Å². The maximum atomic E-state index is 6.02. The molecule has 2 heterocycles. The summed E-state index contributed by atoms with van der Waals surface area (Å²) in [5.41, 5.74) is 9.12. The summed E-state index contributed by atoms with van der Waals surface area (Å²) in [5, 5.41) is 8.34. The van der Waals surface area contributed by atoms with Crippen LogP contribution < -0.4 is 11.1 Å². The summed E-state index contributed by atoms with van der Waals surface area (Å²) < 4.78 is 3.60. The number of aromatic nitrogens is 4. The molecule has 0 amide bonds. The fourth-order valence-corrected chi connectivity index (χ4v) is 3.73. The number of halogens is 1. The second kappa shape index (κ2) is 6.36. The highest BCUT2D eigenvalue weighted by molar-refractivity contribution is 14.1. The third-order valence-corrected chi connectivity index (χ3v) is 5.33. The lowest BCUT2D eigenvalue weighted by atomic mass is 10.2.